The largest absolute Gasteiger partial charge is 0.311 e. The Morgan fingerprint density at radius 1 is 1.33 bits per heavy atom. The first kappa shape index (κ1) is 12.5. The van der Waals surface area contributed by atoms with Crippen molar-refractivity contribution >= 4 is 11.6 Å². The zero-order valence-electron chi connectivity index (χ0n) is 11.0. The van der Waals surface area contributed by atoms with Crippen molar-refractivity contribution in [2.75, 3.05) is 0 Å². The average Bonchev–Trinajstić information content (AvgIpc) is 3.06. The van der Waals surface area contributed by atoms with Gasteiger partial charge in [-0.3, -0.25) is 0 Å². The van der Waals surface area contributed by atoms with Gasteiger partial charge in [0.2, 0.25) is 0 Å². The van der Waals surface area contributed by atoms with Gasteiger partial charge in [0.05, 0.1) is 0 Å². The highest BCUT2D eigenvalue weighted by Crippen LogP contribution is 2.39. The van der Waals surface area contributed by atoms with E-state index in [4.69, 9.17) is 11.6 Å². The fourth-order valence-electron chi connectivity index (χ4n) is 3.11. The van der Waals surface area contributed by atoms with E-state index >= 15 is 0 Å². The molecule has 2 fully saturated rings. The predicted octanol–water partition coefficient (Wildman–Crippen LogP) is 4.36. The summed E-state index contributed by atoms with van der Waals surface area (Å²) in [5.74, 6) is 1.74. The van der Waals surface area contributed by atoms with Crippen LogP contribution in [0, 0.1) is 5.92 Å². The van der Waals surface area contributed by atoms with Crippen molar-refractivity contribution < 1.29 is 0 Å². The Morgan fingerprint density at radius 2 is 2.11 bits per heavy atom. The minimum Gasteiger partial charge on any atom is -0.311 e. The van der Waals surface area contributed by atoms with Crippen LogP contribution in [0.25, 0.3) is 0 Å². The maximum Gasteiger partial charge on any atom is 0.0408 e. The fourth-order valence-corrected chi connectivity index (χ4v) is 3.31. The summed E-state index contributed by atoms with van der Waals surface area (Å²) >= 11 is 6.04. The smallest absolute Gasteiger partial charge is 0.0408 e. The van der Waals surface area contributed by atoms with Crippen LogP contribution in [0.4, 0.5) is 0 Å². The Labute approximate surface area is 115 Å². The van der Waals surface area contributed by atoms with Gasteiger partial charge in [-0.2, -0.15) is 0 Å². The standard InChI is InChI=1S/C16H22ClN/c1-11(7-12-5-6-12)18-16-9-14(10-16)13-3-2-4-15(17)8-13/h2-4,8,11-12,14,16,18H,5-7,9-10H2,1H3. The molecule has 2 aliphatic carbocycles. The third-order valence-corrected chi connectivity index (χ3v) is 4.60. The molecule has 1 aromatic rings. The van der Waals surface area contributed by atoms with E-state index < -0.39 is 0 Å². The molecule has 2 saturated carbocycles. The summed E-state index contributed by atoms with van der Waals surface area (Å²) in [5.41, 5.74) is 1.41. The average molecular weight is 264 g/mol. The normalized spacial score (nSPS) is 28.8. The van der Waals surface area contributed by atoms with Crippen molar-refractivity contribution in [3.05, 3.63) is 34.9 Å². The van der Waals surface area contributed by atoms with E-state index in [0.717, 1.165) is 17.0 Å². The number of rotatable bonds is 5. The minimum atomic E-state index is 0.697. The summed E-state index contributed by atoms with van der Waals surface area (Å²) in [4.78, 5) is 0. The number of nitrogens with one attached hydrogen (secondary N) is 1. The molecular formula is C16H22ClN. The van der Waals surface area contributed by atoms with Crippen LogP contribution in [0.1, 0.15) is 50.5 Å². The fraction of sp³-hybridized carbons (Fsp3) is 0.625. The molecule has 0 radical (unpaired) electrons. The molecule has 0 aliphatic heterocycles. The lowest BCUT2D eigenvalue weighted by Crippen LogP contribution is -2.44. The Bertz CT molecular complexity index is 407. The molecule has 1 aromatic carbocycles. The predicted molar refractivity (Wildman–Crippen MR) is 77.2 cm³/mol. The van der Waals surface area contributed by atoms with Gasteiger partial charge in [-0.05, 0) is 55.7 Å². The molecule has 0 amide bonds. The minimum absolute atomic E-state index is 0.697. The zero-order valence-corrected chi connectivity index (χ0v) is 11.8. The van der Waals surface area contributed by atoms with E-state index in [0.29, 0.717) is 12.0 Å². The molecule has 0 spiro atoms. The summed E-state index contributed by atoms with van der Waals surface area (Å²) in [7, 11) is 0. The first-order valence-electron chi connectivity index (χ1n) is 7.22. The summed E-state index contributed by atoms with van der Waals surface area (Å²) in [6, 6.07) is 9.77. The van der Waals surface area contributed by atoms with E-state index in [2.05, 4.69) is 30.4 Å². The quantitative estimate of drug-likeness (QED) is 0.832. The first-order valence-corrected chi connectivity index (χ1v) is 7.60. The summed E-state index contributed by atoms with van der Waals surface area (Å²) in [5, 5.41) is 4.64. The van der Waals surface area contributed by atoms with E-state index in [1.54, 1.807) is 0 Å². The van der Waals surface area contributed by atoms with Crippen molar-refractivity contribution in [2.45, 2.75) is 57.0 Å². The van der Waals surface area contributed by atoms with Crippen molar-refractivity contribution in [1.29, 1.82) is 0 Å². The molecule has 98 valence electrons. The van der Waals surface area contributed by atoms with E-state index in [-0.39, 0.29) is 0 Å². The van der Waals surface area contributed by atoms with E-state index in [1.165, 1.54) is 37.7 Å². The van der Waals surface area contributed by atoms with Crippen LogP contribution in [-0.2, 0) is 0 Å². The van der Waals surface area contributed by atoms with Crippen molar-refractivity contribution in [3.8, 4) is 0 Å². The second-order valence-electron chi connectivity index (χ2n) is 6.17. The molecule has 3 rings (SSSR count). The molecule has 2 heteroatoms. The van der Waals surface area contributed by atoms with Gasteiger partial charge in [-0.15, -0.1) is 0 Å². The highest BCUT2D eigenvalue weighted by atomic mass is 35.5. The van der Waals surface area contributed by atoms with Crippen LogP contribution in [0.15, 0.2) is 24.3 Å². The topological polar surface area (TPSA) is 12.0 Å². The van der Waals surface area contributed by atoms with Crippen molar-refractivity contribution in [1.82, 2.24) is 5.32 Å². The molecule has 0 bridgehead atoms. The molecule has 1 N–H and O–H groups in total. The number of benzene rings is 1. The third-order valence-electron chi connectivity index (χ3n) is 4.36. The van der Waals surface area contributed by atoms with Gasteiger partial charge in [0.25, 0.3) is 0 Å². The van der Waals surface area contributed by atoms with Gasteiger partial charge < -0.3 is 5.32 Å². The molecule has 1 unspecified atom stereocenters. The maximum absolute atomic E-state index is 6.04. The highest BCUT2D eigenvalue weighted by Gasteiger charge is 2.32. The second kappa shape index (κ2) is 5.22. The maximum atomic E-state index is 6.04. The lowest BCUT2D eigenvalue weighted by atomic mass is 9.75. The molecule has 2 aliphatic rings. The third kappa shape index (κ3) is 3.07. The summed E-state index contributed by atoms with van der Waals surface area (Å²) in [6.45, 7) is 2.34. The van der Waals surface area contributed by atoms with E-state index in [1.807, 2.05) is 6.07 Å². The van der Waals surface area contributed by atoms with Crippen molar-refractivity contribution in [2.24, 2.45) is 5.92 Å². The Balaban J connectivity index is 1.44. The SMILES string of the molecule is CC(CC1CC1)NC1CC(c2cccc(Cl)c2)C1. The van der Waals surface area contributed by atoms with Crippen LogP contribution in [0.2, 0.25) is 5.02 Å². The second-order valence-corrected chi connectivity index (χ2v) is 6.60. The van der Waals surface area contributed by atoms with Crippen LogP contribution < -0.4 is 5.32 Å². The van der Waals surface area contributed by atoms with Gasteiger partial charge in [0.15, 0.2) is 0 Å². The van der Waals surface area contributed by atoms with Gasteiger partial charge in [0, 0.05) is 17.1 Å². The van der Waals surface area contributed by atoms with Gasteiger partial charge in [0.1, 0.15) is 0 Å². The molecule has 0 aromatic heterocycles. The lowest BCUT2D eigenvalue weighted by Gasteiger charge is -2.38. The number of hydrogen-bond acceptors (Lipinski definition) is 1. The summed E-state index contributed by atoms with van der Waals surface area (Å²) in [6.07, 6.45) is 6.84. The number of halogens is 1. The van der Waals surface area contributed by atoms with Gasteiger partial charge in [-0.1, -0.05) is 36.6 Å². The highest BCUT2D eigenvalue weighted by molar-refractivity contribution is 6.30. The monoisotopic (exact) mass is 263 g/mol. The first-order chi connectivity index (χ1) is 8.70. The van der Waals surface area contributed by atoms with Gasteiger partial charge in [-0.25, -0.2) is 0 Å². The summed E-state index contributed by atoms with van der Waals surface area (Å²) < 4.78 is 0. The van der Waals surface area contributed by atoms with Crippen LogP contribution in [0.5, 0.6) is 0 Å². The molecule has 1 atom stereocenters. The Hall–Kier alpha value is -0.530. The van der Waals surface area contributed by atoms with Crippen LogP contribution >= 0.6 is 11.6 Å². The molecule has 18 heavy (non-hydrogen) atoms. The Kier molecular flexibility index (Phi) is 3.63. The number of hydrogen-bond donors (Lipinski definition) is 1. The zero-order chi connectivity index (χ0) is 12.5. The Morgan fingerprint density at radius 3 is 2.78 bits per heavy atom. The van der Waals surface area contributed by atoms with E-state index in [9.17, 15) is 0 Å². The molecule has 1 nitrogen and oxygen atoms in total. The molecule has 0 saturated heterocycles. The van der Waals surface area contributed by atoms with Crippen molar-refractivity contribution in [3.63, 3.8) is 0 Å². The van der Waals surface area contributed by atoms with Gasteiger partial charge >= 0.3 is 0 Å². The lowest BCUT2D eigenvalue weighted by molar-refractivity contribution is 0.262. The molecule has 0 heterocycles. The molecular weight excluding hydrogens is 242 g/mol. The van der Waals surface area contributed by atoms with Crippen LogP contribution in [0.3, 0.4) is 0 Å². The van der Waals surface area contributed by atoms with Crippen LogP contribution in [-0.4, -0.2) is 12.1 Å².